The predicted molar refractivity (Wildman–Crippen MR) is 160 cm³/mol. The van der Waals surface area contributed by atoms with E-state index < -0.39 is 0 Å². The van der Waals surface area contributed by atoms with Gasteiger partial charge in [0.25, 0.3) is 0 Å². The lowest BCUT2D eigenvalue weighted by molar-refractivity contribution is -0.146. The van der Waals surface area contributed by atoms with Gasteiger partial charge in [-0.15, -0.1) is 0 Å². The number of rotatable bonds is 22. The number of carbonyl (C=O) groups is 1. The average molecular weight is 501 g/mol. The highest BCUT2D eigenvalue weighted by molar-refractivity contribution is 5.69. The van der Waals surface area contributed by atoms with Crippen molar-refractivity contribution >= 4 is 5.97 Å². The Hall–Kier alpha value is -1.57. The Morgan fingerprint density at radius 1 is 0.611 bits per heavy atom. The molecule has 208 valence electrons. The molecule has 2 heteroatoms. The summed E-state index contributed by atoms with van der Waals surface area (Å²) >= 11 is 0. The Morgan fingerprint density at radius 2 is 1.08 bits per heavy atom. The van der Waals surface area contributed by atoms with E-state index in [2.05, 4.69) is 72.8 Å². The maximum Gasteiger partial charge on any atom is 0.306 e. The van der Waals surface area contributed by atoms with Crippen LogP contribution in [-0.2, 0) is 9.53 Å². The molecule has 0 saturated heterocycles. The van der Waals surface area contributed by atoms with E-state index in [4.69, 9.17) is 4.74 Å². The quantitative estimate of drug-likeness (QED) is 0.0839. The third kappa shape index (κ3) is 24.1. The monoisotopic (exact) mass is 500 g/mol. The Balaban J connectivity index is 4.51. The number of ether oxygens (including phenoxy) is 1. The minimum Gasteiger partial charge on any atom is -0.458 e. The van der Waals surface area contributed by atoms with Gasteiger partial charge in [0, 0.05) is 12.8 Å². The van der Waals surface area contributed by atoms with Crippen molar-refractivity contribution in [2.24, 2.45) is 0 Å². The van der Waals surface area contributed by atoms with E-state index in [1.165, 1.54) is 80.1 Å². The van der Waals surface area contributed by atoms with Gasteiger partial charge in [0.1, 0.15) is 6.10 Å². The second kappa shape index (κ2) is 23.8. The second-order valence-corrected chi connectivity index (χ2v) is 11.3. The van der Waals surface area contributed by atoms with Crippen molar-refractivity contribution in [3.05, 3.63) is 46.6 Å². The largest absolute Gasteiger partial charge is 0.458 e. The van der Waals surface area contributed by atoms with E-state index in [-0.39, 0.29) is 12.1 Å². The summed E-state index contributed by atoms with van der Waals surface area (Å²) in [6.07, 6.45) is 28.6. The highest BCUT2D eigenvalue weighted by atomic mass is 16.5. The molecule has 0 amide bonds. The van der Waals surface area contributed by atoms with Crippen molar-refractivity contribution in [1.29, 1.82) is 0 Å². The van der Waals surface area contributed by atoms with Gasteiger partial charge in [-0.1, -0.05) is 112 Å². The second-order valence-electron chi connectivity index (χ2n) is 11.3. The zero-order chi connectivity index (χ0) is 27.0. The molecule has 0 spiro atoms. The van der Waals surface area contributed by atoms with Crippen LogP contribution in [-0.4, -0.2) is 12.1 Å². The standard InChI is InChI=1S/C34H60O2/c1-8-9-10-11-12-13-14-15-16-17-18-25-34(35)36-33(28-32(7)24-20-22-30(4)5)27-26-31(6)23-19-21-29(2)3/h21-22,26,28,33H,8-20,23-25,27H2,1-7H3/b31-26+,32-28+. The number of hydrogen-bond donors (Lipinski definition) is 0. The fourth-order valence-electron chi connectivity index (χ4n) is 4.31. The van der Waals surface area contributed by atoms with Crippen LogP contribution in [0.5, 0.6) is 0 Å². The van der Waals surface area contributed by atoms with Crippen LogP contribution in [0.3, 0.4) is 0 Å². The van der Waals surface area contributed by atoms with E-state index >= 15 is 0 Å². The minimum absolute atomic E-state index is 0.0418. The van der Waals surface area contributed by atoms with Gasteiger partial charge in [-0.3, -0.25) is 4.79 Å². The van der Waals surface area contributed by atoms with Crippen LogP contribution in [0.2, 0.25) is 0 Å². The molecule has 0 aromatic carbocycles. The van der Waals surface area contributed by atoms with Gasteiger partial charge < -0.3 is 4.74 Å². The summed E-state index contributed by atoms with van der Waals surface area (Å²) in [5.41, 5.74) is 5.39. The third-order valence-corrected chi connectivity index (χ3v) is 6.62. The van der Waals surface area contributed by atoms with Crippen LogP contribution in [0.4, 0.5) is 0 Å². The molecule has 1 unspecified atom stereocenters. The van der Waals surface area contributed by atoms with Crippen molar-refractivity contribution in [3.8, 4) is 0 Å². The van der Waals surface area contributed by atoms with Gasteiger partial charge in [0.05, 0.1) is 0 Å². The Kier molecular flexibility index (Phi) is 22.8. The first kappa shape index (κ1) is 34.4. The molecule has 1 atom stereocenters. The van der Waals surface area contributed by atoms with Gasteiger partial charge >= 0.3 is 5.97 Å². The van der Waals surface area contributed by atoms with E-state index in [0.717, 1.165) is 44.9 Å². The molecular weight excluding hydrogens is 440 g/mol. The zero-order valence-corrected chi connectivity index (χ0v) is 25.2. The third-order valence-electron chi connectivity index (χ3n) is 6.62. The SMILES string of the molecule is CCCCCCCCCCCCCC(=O)OC(/C=C(\C)CCC=C(C)C)C/C=C(\C)CCC=C(C)C. The van der Waals surface area contributed by atoms with Gasteiger partial charge in [-0.05, 0) is 79.7 Å². The fraction of sp³-hybridized carbons (Fsp3) is 0.735. The highest BCUT2D eigenvalue weighted by Crippen LogP contribution is 2.17. The van der Waals surface area contributed by atoms with Crippen LogP contribution in [0.1, 0.15) is 158 Å². The van der Waals surface area contributed by atoms with E-state index in [9.17, 15) is 4.79 Å². The number of hydrogen-bond acceptors (Lipinski definition) is 2. The molecule has 0 bridgehead atoms. The molecule has 36 heavy (non-hydrogen) atoms. The molecule has 0 aliphatic heterocycles. The summed E-state index contributed by atoms with van der Waals surface area (Å²) in [5, 5.41) is 0. The van der Waals surface area contributed by atoms with Crippen molar-refractivity contribution in [3.63, 3.8) is 0 Å². The van der Waals surface area contributed by atoms with Crippen molar-refractivity contribution in [2.45, 2.75) is 164 Å². The number of esters is 1. The zero-order valence-electron chi connectivity index (χ0n) is 25.2. The minimum atomic E-state index is -0.157. The van der Waals surface area contributed by atoms with Crippen molar-refractivity contribution < 1.29 is 9.53 Å². The first-order valence-electron chi connectivity index (χ1n) is 15.0. The highest BCUT2D eigenvalue weighted by Gasteiger charge is 2.12. The van der Waals surface area contributed by atoms with Crippen molar-refractivity contribution in [2.75, 3.05) is 0 Å². The molecule has 2 nitrogen and oxygen atoms in total. The van der Waals surface area contributed by atoms with Crippen LogP contribution in [0.15, 0.2) is 46.6 Å². The summed E-state index contributed by atoms with van der Waals surface area (Å²) in [7, 11) is 0. The smallest absolute Gasteiger partial charge is 0.306 e. The lowest BCUT2D eigenvalue weighted by Gasteiger charge is -2.15. The lowest BCUT2D eigenvalue weighted by atomic mass is 10.0. The van der Waals surface area contributed by atoms with Crippen LogP contribution in [0, 0.1) is 0 Å². The predicted octanol–water partition coefficient (Wildman–Crippen LogP) is 11.4. The molecule has 0 heterocycles. The molecule has 0 fully saturated rings. The summed E-state index contributed by atoms with van der Waals surface area (Å²) in [6, 6.07) is 0. The van der Waals surface area contributed by atoms with Crippen molar-refractivity contribution in [1.82, 2.24) is 0 Å². The van der Waals surface area contributed by atoms with E-state index in [1.807, 2.05) is 0 Å². The van der Waals surface area contributed by atoms with Gasteiger partial charge in [0.2, 0.25) is 0 Å². The van der Waals surface area contributed by atoms with E-state index in [1.54, 1.807) is 0 Å². The normalized spacial score (nSPS) is 12.9. The van der Waals surface area contributed by atoms with Gasteiger partial charge in [-0.25, -0.2) is 0 Å². The van der Waals surface area contributed by atoms with Crippen LogP contribution < -0.4 is 0 Å². The number of unbranched alkanes of at least 4 members (excludes halogenated alkanes) is 10. The van der Waals surface area contributed by atoms with Gasteiger partial charge in [0.15, 0.2) is 0 Å². The summed E-state index contributed by atoms with van der Waals surface area (Å²) < 4.78 is 5.95. The molecule has 0 aromatic heterocycles. The molecule has 0 aliphatic rings. The maximum atomic E-state index is 12.6. The molecule has 0 rings (SSSR count). The Bertz CT molecular complexity index is 669. The first-order chi connectivity index (χ1) is 17.2. The Morgan fingerprint density at radius 3 is 1.58 bits per heavy atom. The summed E-state index contributed by atoms with van der Waals surface area (Å²) in [4.78, 5) is 12.6. The number of carbonyl (C=O) groups excluding carboxylic acids is 1. The summed E-state index contributed by atoms with van der Waals surface area (Å²) in [6.45, 7) is 15.2. The average Bonchev–Trinajstić information content (AvgIpc) is 2.80. The topological polar surface area (TPSA) is 26.3 Å². The molecule has 0 saturated carbocycles. The molecular formula is C34H60O2. The van der Waals surface area contributed by atoms with Gasteiger partial charge in [-0.2, -0.15) is 0 Å². The van der Waals surface area contributed by atoms with E-state index in [0.29, 0.717) is 6.42 Å². The first-order valence-corrected chi connectivity index (χ1v) is 15.0. The number of allylic oxidation sites excluding steroid dienone is 6. The molecule has 0 N–H and O–H groups in total. The Labute approximate surface area is 225 Å². The molecule has 0 radical (unpaired) electrons. The molecule has 0 aliphatic carbocycles. The van der Waals surface area contributed by atoms with Crippen LogP contribution >= 0.6 is 0 Å². The maximum absolute atomic E-state index is 12.6. The summed E-state index contributed by atoms with van der Waals surface area (Å²) in [5.74, 6) is -0.0418. The fourth-order valence-corrected chi connectivity index (χ4v) is 4.31. The lowest BCUT2D eigenvalue weighted by Crippen LogP contribution is -2.16. The molecule has 0 aromatic rings. The van der Waals surface area contributed by atoms with Crippen LogP contribution in [0.25, 0.3) is 0 Å².